The summed E-state index contributed by atoms with van der Waals surface area (Å²) in [5.74, 6) is 0.769. The zero-order chi connectivity index (χ0) is 20.3. The number of benzene rings is 1. The van der Waals surface area contributed by atoms with Gasteiger partial charge in [0, 0.05) is 49.9 Å². The molecule has 5 heteroatoms. The van der Waals surface area contributed by atoms with Gasteiger partial charge >= 0.3 is 0 Å². The lowest BCUT2D eigenvalue weighted by atomic mass is 10.0. The topological polar surface area (TPSA) is 52.7 Å². The molecule has 2 rings (SSSR count). The van der Waals surface area contributed by atoms with E-state index in [0.717, 1.165) is 29.8 Å². The van der Waals surface area contributed by atoms with E-state index in [-0.39, 0.29) is 29.7 Å². The SMILES string of the molecule is CC(C)C(=O)Nc1ccc(N(C)C)c(CN(C(=O)C2CC2)[C@H](C)C(C)C)c1. The van der Waals surface area contributed by atoms with Crippen molar-refractivity contribution in [3.63, 3.8) is 0 Å². The molecule has 1 aromatic rings. The molecule has 5 nitrogen and oxygen atoms in total. The molecule has 1 aliphatic rings. The second kappa shape index (κ2) is 8.77. The van der Waals surface area contributed by atoms with Gasteiger partial charge in [-0.1, -0.05) is 27.7 Å². The highest BCUT2D eigenvalue weighted by molar-refractivity contribution is 5.92. The first-order valence-electron chi connectivity index (χ1n) is 10.0. The molecule has 0 bridgehead atoms. The summed E-state index contributed by atoms with van der Waals surface area (Å²) in [6.45, 7) is 10.8. The number of nitrogens with one attached hydrogen (secondary N) is 1. The number of amides is 2. The Morgan fingerprint density at radius 1 is 1.11 bits per heavy atom. The molecule has 0 aromatic heterocycles. The third-order valence-corrected chi connectivity index (χ3v) is 5.36. The van der Waals surface area contributed by atoms with Crippen LogP contribution in [-0.4, -0.2) is 36.9 Å². The maximum Gasteiger partial charge on any atom is 0.226 e. The van der Waals surface area contributed by atoms with Gasteiger partial charge in [0.1, 0.15) is 0 Å². The molecule has 0 saturated heterocycles. The number of anilines is 2. The Balaban J connectivity index is 2.33. The maximum absolute atomic E-state index is 12.9. The van der Waals surface area contributed by atoms with Crippen LogP contribution < -0.4 is 10.2 Å². The van der Waals surface area contributed by atoms with E-state index in [1.54, 1.807) is 0 Å². The van der Waals surface area contributed by atoms with Crippen molar-refractivity contribution in [2.24, 2.45) is 17.8 Å². The summed E-state index contributed by atoms with van der Waals surface area (Å²) in [4.78, 5) is 29.1. The minimum atomic E-state index is -0.0733. The van der Waals surface area contributed by atoms with Gasteiger partial charge in [0.25, 0.3) is 0 Å². The van der Waals surface area contributed by atoms with Crippen LogP contribution in [0.25, 0.3) is 0 Å². The Hall–Kier alpha value is -2.04. The van der Waals surface area contributed by atoms with E-state index in [0.29, 0.717) is 12.5 Å². The van der Waals surface area contributed by atoms with E-state index in [1.807, 2.05) is 51.0 Å². The fraction of sp³-hybridized carbons (Fsp3) is 0.636. The summed E-state index contributed by atoms with van der Waals surface area (Å²) >= 11 is 0. The fourth-order valence-corrected chi connectivity index (χ4v) is 3.04. The molecule has 1 saturated carbocycles. The third-order valence-electron chi connectivity index (χ3n) is 5.36. The lowest BCUT2D eigenvalue weighted by molar-refractivity contribution is -0.136. The number of nitrogens with zero attached hydrogens (tertiary/aromatic N) is 2. The van der Waals surface area contributed by atoms with E-state index < -0.39 is 0 Å². The zero-order valence-electron chi connectivity index (χ0n) is 17.9. The monoisotopic (exact) mass is 373 g/mol. The number of rotatable bonds is 8. The smallest absolute Gasteiger partial charge is 0.226 e. The molecular weight excluding hydrogens is 338 g/mol. The van der Waals surface area contributed by atoms with E-state index in [4.69, 9.17) is 0 Å². The van der Waals surface area contributed by atoms with Gasteiger partial charge in [-0.05, 0) is 49.4 Å². The number of carbonyl (C=O) groups is 2. The maximum atomic E-state index is 12.9. The molecule has 150 valence electrons. The first-order chi connectivity index (χ1) is 12.6. The molecule has 0 radical (unpaired) electrons. The predicted octanol–water partition coefficient (Wildman–Crippen LogP) is 4.13. The quantitative estimate of drug-likeness (QED) is 0.745. The van der Waals surface area contributed by atoms with Crippen LogP contribution >= 0.6 is 0 Å². The van der Waals surface area contributed by atoms with E-state index in [2.05, 4.69) is 31.0 Å². The van der Waals surface area contributed by atoms with Crippen molar-refractivity contribution >= 4 is 23.2 Å². The van der Waals surface area contributed by atoms with Gasteiger partial charge in [-0.15, -0.1) is 0 Å². The van der Waals surface area contributed by atoms with Crippen LogP contribution in [-0.2, 0) is 16.1 Å². The highest BCUT2D eigenvalue weighted by Crippen LogP contribution is 2.34. The van der Waals surface area contributed by atoms with Gasteiger partial charge in [-0.25, -0.2) is 0 Å². The first-order valence-corrected chi connectivity index (χ1v) is 10.0. The fourth-order valence-electron chi connectivity index (χ4n) is 3.04. The van der Waals surface area contributed by atoms with Crippen molar-refractivity contribution in [1.82, 2.24) is 4.90 Å². The summed E-state index contributed by atoms with van der Waals surface area (Å²) in [5, 5.41) is 2.98. The standard InChI is InChI=1S/C22H35N3O2/c1-14(2)16(5)25(22(27)17-8-9-17)13-18-12-19(23-21(26)15(3)4)10-11-20(18)24(6)7/h10-12,14-17H,8-9,13H2,1-7H3,(H,23,26)/t16-/m1/s1. The highest BCUT2D eigenvalue weighted by atomic mass is 16.2. The molecule has 0 aliphatic heterocycles. The largest absolute Gasteiger partial charge is 0.377 e. The van der Waals surface area contributed by atoms with Crippen molar-refractivity contribution in [2.45, 2.75) is 60.0 Å². The Morgan fingerprint density at radius 2 is 1.74 bits per heavy atom. The molecular formula is C22H35N3O2. The Bertz CT molecular complexity index is 678. The van der Waals surface area contributed by atoms with Crippen LogP contribution in [0.1, 0.15) is 53.0 Å². The second-order valence-corrected chi connectivity index (χ2v) is 8.61. The molecule has 1 aromatic carbocycles. The van der Waals surface area contributed by atoms with Crippen molar-refractivity contribution in [3.8, 4) is 0 Å². The molecule has 1 fully saturated rings. The van der Waals surface area contributed by atoms with Crippen LogP contribution in [0.3, 0.4) is 0 Å². The minimum Gasteiger partial charge on any atom is -0.377 e. The molecule has 27 heavy (non-hydrogen) atoms. The van der Waals surface area contributed by atoms with Crippen LogP contribution in [0.15, 0.2) is 18.2 Å². The highest BCUT2D eigenvalue weighted by Gasteiger charge is 2.36. The minimum absolute atomic E-state index is 0.0000134. The summed E-state index contributed by atoms with van der Waals surface area (Å²) in [7, 11) is 4.01. The average molecular weight is 374 g/mol. The van der Waals surface area contributed by atoms with Crippen molar-refractivity contribution < 1.29 is 9.59 Å². The van der Waals surface area contributed by atoms with Gasteiger partial charge < -0.3 is 15.1 Å². The lowest BCUT2D eigenvalue weighted by Crippen LogP contribution is -2.42. The Morgan fingerprint density at radius 3 is 2.22 bits per heavy atom. The third kappa shape index (κ3) is 5.47. The van der Waals surface area contributed by atoms with Crippen LogP contribution in [0.2, 0.25) is 0 Å². The zero-order valence-corrected chi connectivity index (χ0v) is 17.9. The van der Waals surface area contributed by atoms with E-state index >= 15 is 0 Å². The van der Waals surface area contributed by atoms with Gasteiger partial charge in [0.15, 0.2) is 0 Å². The van der Waals surface area contributed by atoms with Gasteiger partial charge in [-0.3, -0.25) is 9.59 Å². The number of carbonyl (C=O) groups excluding carboxylic acids is 2. The lowest BCUT2D eigenvalue weighted by Gasteiger charge is -2.33. The second-order valence-electron chi connectivity index (χ2n) is 8.61. The van der Waals surface area contributed by atoms with Gasteiger partial charge in [0.2, 0.25) is 11.8 Å². The molecule has 0 heterocycles. The Labute approximate surface area is 164 Å². The van der Waals surface area contributed by atoms with Crippen LogP contribution in [0.5, 0.6) is 0 Å². The summed E-state index contributed by atoms with van der Waals surface area (Å²) < 4.78 is 0. The number of hydrogen-bond donors (Lipinski definition) is 1. The molecule has 2 amide bonds. The summed E-state index contributed by atoms with van der Waals surface area (Å²) in [6, 6.07) is 6.13. The normalized spacial score (nSPS) is 15.0. The first kappa shape index (κ1) is 21.3. The predicted molar refractivity (Wildman–Crippen MR) is 112 cm³/mol. The van der Waals surface area contributed by atoms with Crippen molar-refractivity contribution in [2.75, 3.05) is 24.3 Å². The summed E-state index contributed by atoms with van der Waals surface area (Å²) in [6.07, 6.45) is 2.01. The molecule has 0 unspecified atom stereocenters. The molecule has 1 N–H and O–H groups in total. The van der Waals surface area contributed by atoms with Gasteiger partial charge in [0.05, 0.1) is 0 Å². The molecule has 1 aliphatic carbocycles. The van der Waals surface area contributed by atoms with Crippen LogP contribution in [0.4, 0.5) is 11.4 Å². The van der Waals surface area contributed by atoms with E-state index in [9.17, 15) is 9.59 Å². The Kier molecular flexibility index (Phi) is 6.90. The van der Waals surface area contributed by atoms with Crippen molar-refractivity contribution in [3.05, 3.63) is 23.8 Å². The van der Waals surface area contributed by atoms with Gasteiger partial charge in [-0.2, -0.15) is 0 Å². The molecule has 1 atom stereocenters. The van der Waals surface area contributed by atoms with E-state index in [1.165, 1.54) is 0 Å². The molecule has 0 spiro atoms. The van der Waals surface area contributed by atoms with Crippen molar-refractivity contribution in [1.29, 1.82) is 0 Å². The number of hydrogen-bond acceptors (Lipinski definition) is 3. The average Bonchev–Trinajstić information content (AvgIpc) is 3.43. The summed E-state index contributed by atoms with van der Waals surface area (Å²) in [5.41, 5.74) is 2.91. The van der Waals surface area contributed by atoms with Crippen LogP contribution in [0, 0.1) is 17.8 Å².